The first kappa shape index (κ1) is 30.8. The monoisotopic (exact) mass is 598 g/mol. The van der Waals surface area contributed by atoms with Crippen LogP contribution in [0.15, 0.2) is 58.9 Å². The van der Waals surface area contributed by atoms with Crippen LogP contribution in [0.25, 0.3) is 0 Å². The molecular formula is C31H39ClN4O4S. The van der Waals surface area contributed by atoms with E-state index in [-0.39, 0.29) is 5.97 Å². The third-order valence-corrected chi connectivity index (χ3v) is 7.94. The Morgan fingerprint density at radius 2 is 1.83 bits per heavy atom. The molecule has 0 saturated carbocycles. The van der Waals surface area contributed by atoms with E-state index in [0.29, 0.717) is 64.5 Å². The molecule has 10 heteroatoms. The molecular weight excluding hydrogens is 560 g/mol. The van der Waals surface area contributed by atoms with Gasteiger partial charge in [-0.15, -0.1) is 5.10 Å². The second-order valence-corrected chi connectivity index (χ2v) is 11.1. The lowest BCUT2D eigenvalue weighted by Gasteiger charge is -2.28. The molecule has 3 aromatic rings. The first-order chi connectivity index (χ1) is 20.0. The molecule has 0 spiro atoms. The lowest BCUT2D eigenvalue weighted by Crippen LogP contribution is -2.30. The molecule has 2 aromatic carbocycles. The number of benzene rings is 2. The second-order valence-electron chi connectivity index (χ2n) is 9.79. The van der Waals surface area contributed by atoms with Crippen LogP contribution in [0, 0.1) is 0 Å². The molecule has 41 heavy (non-hydrogen) atoms. The van der Waals surface area contributed by atoms with Gasteiger partial charge in [-0.3, -0.25) is 0 Å². The van der Waals surface area contributed by atoms with Crippen molar-refractivity contribution in [3.63, 3.8) is 0 Å². The number of esters is 1. The Balaban J connectivity index is 1.69. The summed E-state index contributed by atoms with van der Waals surface area (Å²) in [5.74, 6) is 2.11. The van der Waals surface area contributed by atoms with Crippen molar-refractivity contribution in [2.45, 2.75) is 76.8 Å². The maximum Gasteiger partial charge on any atom is 0.338 e. The van der Waals surface area contributed by atoms with Crippen LogP contribution in [-0.2, 0) is 15.3 Å². The number of hydrogen-bond donors (Lipinski definition) is 1. The normalized spacial score (nSPS) is 14.4. The Labute approximate surface area is 251 Å². The van der Waals surface area contributed by atoms with Crippen molar-refractivity contribution in [3.8, 4) is 11.5 Å². The molecule has 1 unspecified atom stereocenters. The lowest BCUT2D eigenvalue weighted by molar-refractivity contribution is -0.139. The summed E-state index contributed by atoms with van der Waals surface area (Å²) in [5, 5.41) is 9.39. The molecule has 0 fully saturated rings. The molecule has 0 bridgehead atoms. The van der Waals surface area contributed by atoms with E-state index in [2.05, 4.69) is 19.2 Å². The van der Waals surface area contributed by atoms with Crippen LogP contribution in [0.1, 0.15) is 77.0 Å². The maximum atomic E-state index is 13.5. The van der Waals surface area contributed by atoms with Gasteiger partial charge in [0.1, 0.15) is 6.04 Å². The number of nitrogens with one attached hydrogen (secondary N) is 1. The number of nitrogens with zero attached hydrogens (tertiary/aromatic N) is 3. The van der Waals surface area contributed by atoms with Crippen LogP contribution in [0.2, 0.25) is 5.02 Å². The number of carbonyl (C=O) groups is 1. The van der Waals surface area contributed by atoms with Gasteiger partial charge in [-0.25, -0.2) is 9.48 Å². The first-order valence-electron chi connectivity index (χ1n) is 14.3. The molecule has 1 aliphatic heterocycles. The molecule has 1 N–H and O–H groups in total. The summed E-state index contributed by atoms with van der Waals surface area (Å²) in [5.41, 5.74) is 2.99. The molecule has 0 amide bonds. The zero-order valence-corrected chi connectivity index (χ0v) is 25.8. The van der Waals surface area contributed by atoms with Crippen molar-refractivity contribution in [2.75, 3.05) is 25.1 Å². The summed E-state index contributed by atoms with van der Waals surface area (Å²) in [4.78, 5) is 18.2. The molecule has 1 aromatic heterocycles. The smallest absolute Gasteiger partial charge is 0.338 e. The van der Waals surface area contributed by atoms with Crippen molar-refractivity contribution in [1.82, 2.24) is 14.8 Å². The average Bonchev–Trinajstić information content (AvgIpc) is 3.37. The molecule has 0 aliphatic carbocycles. The van der Waals surface area contributed by atoms with Gasteiger partial charge in [0.15, 0.2) is 11.5 Å². The van der Waals surface area contributed by atoms with Crippen LogP contribution in [0.5, 0.6) is 11.5 Å². The van der Waals surface area contributed by atoms with Crippen molar-refractivity contribution < 1.29 is 19.0 Å². The summed E-state index contributed by atoms with van der Waals surface area (Å²) in [6.07, 6.45) is 4.94. The fourth-order valence-electron chi connectivity index (χ4n) is 4.53. The van der Waals surface area contributed by atoms with E-state index >= 15 is 0 Å². The van der Waals surface area contributed by atoms with E-state index in [9.17, 15) is 4.79 Å². The fraction of sp³-hybridized carbons (Fsp3) is 0.452. The van der Waals surface area contributed by atoms with Gasteiger partial charge >= 0.3 is 5.97 Å². The number of anilines is 1. The summed E-state index contributed by atoms with van der Waals surface area (Å²) >= 11 is 7.85. The molecule has 8 nitrogen and oxygen atoms in total. The van der Waals surface area contributed by atoms with Gasteiger partial charge < -0.3 is 19.5 Å². The van der Waals surface area contributed by atoms with Gasteiger partial charge in [-0.05, 0) is 56.0 Å². The number of halogens is 1. The van der Waals surface area contributed by atoms with Crippen LogP contribution in [0.4, 0.5) is 5.95 Å². The second kappa shape index (κ2) is 15.2. The van der Waals surface area contributed by atoms with Crippen molar-refractivity contribution in [3.05, 3.63) is 69.9 Å². The predicted molar refractivity (Wildman–Crippen MR) is 164 cm³/mol. The van der Waals surface area contributed by atoms with Crippen molar-refractivity contribution >= 4 is 35.3 Å². The largest absolute Gasteiger partial charge is 0.490 e. The summed E-state index contributed by atoms with van der Waals surface area (Å²) in [6, 6.07) is 13.0. The van der Waals surface area contributed by atoms with Gasteiger partial charge in [0.25, 0.3) is 0 Å². The zero-order chi connectivity index (χ0) is 29.2. The van der Waals surface area contributed by atoms with E-state index < -0.39 is 6.04 Å². The highest BCUT2D eigenvalue weighted by Gasteiger charge is 2.36. The highest BCUT2D eigenvalue weighted by molar-refractivity contribution is 7.98. The van der Waals surface area contributed by atoms with Crippen molar-refractivity contribution in [2.24, 2.45) is 0 Å². The van der Waals surface area contributed by atoms with Gasteiger partial charge in [-0.1, -0.05) is 80.7 Å². The van der Waals surface area contributed by atoms with Gasteiger partial charge in [-0.2, -0.15) is 4.98 Å². The minimum Gasteiger partial charge on any atom is -0.490 e. The molecule has 220 valence electrons. The van der Waals surface area contributed by atoms with Crippen molar-refractivity contribution in [1.29, 1.82) is 0 Å². The Kier molecular flexibility index (Phi) is 11.4. The molecule has 1 atom stereocenters. The van der Waals surface area contributed by atoms with Gasteiger partial charge in [0.05, 0.1) is 25.4 Å². The van der Waals surface area contributed by atoms with Crippen LogP contribution in [-0.4, -0.2) is 40.6 Å². The average molecular weight is 599 g/mol. The number of thioether (sulfide) groups is 1. The number of ether oxygens (including phenoxy) is 3. The minimum absolute atomic E-state index is 0.358. The molecule has 4 rings (SSSR count). The Morgan fingerprint density at radius 1 is 1.02 bits per heavy atom. The Hall–Kier alpha value is -3.17. The first-order valence-corrected chi connectivity index (χ1v) is 15.7. The zero-order valence-electron chi connectivity index (χ0n) is 24.2. The van der Waals surface area contributed by atoms with Crippen LogP contribution in [0.3, 0.4) is 0 Å². The Bertz CT molecular complexity index is 1360. The van der Waals surface area contributed by atoms with Crippen LogP contribution >= 0.6 is 23.4 Å². The summed E-state index contributed by atoms with van der Waals surface area (Å²) in [7, 11) is 0. The summed E-state index contributed by atoms with van der Waals surface area (Å²) < 4.78 is 19.5. The maximum absolute atomic E-state index is 13.5. The number of fused-ring (bicyclic) bond motifs is 1. The van der Waals surface area contributed by atoms with E-state index in [4.69, 9.17) is 35.9 Å². The third-order valence-electron chi connectivity index (χ3n) is 6.69. The fourth-order valence-corrected chi connectivity index (χ4v) is 5.64. The predicted octanol–water partition coefficient (Wildman–Crippen LogP) is 7.82. The SMILES string of the molecule is CCCCCOc1ccc(C2C(C(=O)OCCCC)=C(C)Nc3nc(SCc4ccccc4Cl)nn32)cc1OCC. The summed E-state index contributed by atoms with van der Waals surface area (Å²) in [6.45, 7) is 9.50. The number of allylic oxidation sites excluding steroid dienone is 1. The molecule has 1 aliphatic rings. The van der Waals surface area contributed by atoms with E-state index in [1.165, 1.54) is 11.8 Å². The van der Waals surface area contributed by atoms with E-state index in [1.54, 1.807) is 4.68 Å². The standard InChI is InChI=1S/C31H39ClN4O4S/c1-5-8-12-18-39-25-16-15-22(19-26(25)38-7-3)28-27(29(37)40-17-9-6-2)21(4)33-30-34-31(35-36(28)30)41-20-23-13-10-11-14-24(23)32/h10-11,13-16,19,28H,5-9,12,17-18,20H2,1-4H3,(H,33,34,35). The Morgan fingerprint density at radius 3 is 2.59 bits per heavy atom. The minimum atomic E-state index is -0.559. The third kappa shape index (κ3) is 7.77. The number of unbranched alkanes of at least 4 members (excludes halogenated alkanes) is 3. The van der Waals surface area contributed by atoms with Crippen LogP contribution < -0.4 is 14.8 Å². The lowest BCUT2D eigenvalue weighted by atomic mass is 9.95. The van der Waals surface area contributed by atoms with E-state index in [0.717, 1.165) is 43.2 Å². The highest BCUT2D eigenvalue weighted by atomic mass is 35.5. The number of carbonyl (C=O) groups excluding carboxylic acids is 1. The molecule has 0 saturated heterocycles. The number of aromatic nitrogens is 3. The number of rotatable bonds is 15. The van der Waals surface area contributed by atoms with E-state index in [1.807, 2.05) is 56.3 Å². The number of hydrogen-bond acceptors (Lipinski definition) is 8. The highest BCUT2D eigenvalue weighted by Crippen LogP contribution is 2.40. The molecule has 2 heterocycles. The van der Waals surface area contributed by atoms with Gasteiger partial charge in [0.2, 0.25) is 11.1 Å². The van der Waals surface area contributed by atoms with Gasteiger partial charge in [0, 0.05) is 16.5 Å². The topological polar surface area (TPSA) is 87.5 Å². The molecule has 0 radical (unpaired) electrons. The quantitative estimate of drug-likeness (QED) is 0.108.